The summed E-state index contributed by atoms with van der Waals surface area (Å²) in [6, 6.07) is 5.38. The predicted octanol–water partition coefficient (Wildman–Crippen LogP) is 3.81. The van der Waals surface area contributed by atoms with E-state index in [-0.39, 0.29) is 16.3 Å². The number of aliphatic hydroxyl groups excluding tert-OH is 1. The molecule has 21 heavy (non-hydrogen) atoms. The minimum absolute atomic E-state index is 0.0251. The molecule has 0 bridgehead atoms. The summed E-state index contributed by atoms with van der Waals surface area (Å²) in [7, 11) is 0. The molecule has 0 saturated heterocycles. The smallest absolute Gasteiger partial charge is 0.307 e. The van der Waals surface area contributed by atoms with Crippen molar-refractivity contribution in [3.8, 4) is 11.5 Å². The largest absolute Gasteiger partial charge is 0.454 e. The van der Waals surface area contributed by atoms with E-state index in [1.807, 2.05) is 0 Å². The number of nitrogens with zero attached hydrogens (tertiary/aromatic N) is 1. The fourth-order valence-corrected chi connectivity index (χ4v) is 1.87. The van der Waals surface area contributed by atoms with Crippen LogP contribution in [-0.4, -0.2) is 10.0 Å². The molecule has 0 heterocycles. The highest BCUT2D eigenvalue weighted by atomic mass is 35.5. The van der Waals surface area contributed by atoms with Crippen molar-refractivity contribution in [1.82, 2.24) is 0 Å². The third kappa shape index (κ3) is 3.09. The molecule has 1 N–H and O–H groups in total. The van der Waals surface area contributed by atoms with Crippen LogP contribution in [0.5, 0.6) is 11.5 Å². The van der Waals surface area contributed by atoms with Gasteiger partial charge in [0.1, 0.15) is 5.75 Å². The normalized spacial score (nSPS) is 10.5. The lowest BCUT2D eigenvalue weighted by Crippen LogP contribution is -1.98. The predicted molar refractivity (Wildman–Crippen MR) is 70.5 cm³/mol. The van der Waals surface area contributed by atoms with E-state index in [4.69, 9.17) is 16.3 Å². The second kappa shape index (κ2) is 6.02. The lowest BCUT2D eigenvalue weighted by molar-refractivity contribution is -0.387. The van der Waals surface area contributed by atoms with E-state index in [1.54, 1.807) is 0 Å². The van der Waals surface area contributed by atoms with Crippen LogP contribution in [-0.2, 0) is 6.61 Å². The minimum atomic E-state index is -1.23. The quantitative estimate of drug-likeness (QED) is 0.688. The van der Waals surface area contributed by atoms with Gasteiger partial charge in [-0.25, -0.2) is 4.39 Å². The molecule has 0 aliphatic carbocycles. The first-order chi connectivity index (χ1) is 9.93. The molecule has 2 aromatic rings. The fourth-order valence-electron chi connectivity index (χ4n) is 1.64. The van der Waals surface area contributed by atoms with Crippen molar-refractivity contribution < 1.29 is 23.5 Å². The van der Waals surface area contributed by atoms with Crippen LogP contribution in [0.4, 0.5) is 14.5 Å². The summed E-state index contributed by atoms with van der Waals surface area (Å²) in [5, 5.41) is 19.9. The third-order valence-electron chi connectivity index (χ3n) is 2.65. The third-order valence-corrected chi connectivity index (χ3v) is 3.01. The van der Waals surface area contributed by atoms with Gasteiger partial charge in [0.2, 0.25) is 5.82 Å². The van der Waals surface area contributed by atoms with Crippen LogP contribution >= 0.6 is 11.6 Å². The van der Waals surface area contributed by atoms with Gasteiger partial charge in [-0.3, -0.25) is 10.1 Å². The van der Waals surface area contributed by atoms with Gasteiger partial charge in [-0.1, -0.05) is 17.7 Å². The first kappa shape index (κ1) is 15.1. The second-order valence-electron chi connectivity index (χ2n) is 3.97. The monoisotopic (exact) mass is 315 g/mol. The van der Waals surface area contributed by atoms with Crippen LogP contribution in [0.1, 0.15) is 5.56 Å². The number of aliphatic hydroxyl groups is 1. The highest BCUT2D eigenvalue weighted by Gasteiger charge is 2.20. The number of nitro benzene ring substituents is 1. The zero-order valence-electron chi connectivity index (χ0n) is 10.3. The topological polar surface area (TPSA) is 72.6 Å². The molecule has 0 fully saturated rings. The number of halogens is 3. The molecule has 2 aromatic carbocycles. The number of benzene rings is 2. The van der Waals surface area contributed by atoms with Gasteiger partial charge in [0.15, 0.2) is 11.6 Å². The van der Waals surface area contributed by atoms with Crippen LogP contribution in [0.25, 0.3) is 0 Å². The lowest BCUT2D eigenvalue weighted by Gasteiger charge is -2.11. The molecule has 0 atom stereocenters. The molecule has 0 aliphatic heterocycles. The van der Waals surface area contributed by atoms with Crippen molar-refractivity contribution >= 4 is 17.3 Å². The maximum Gasteiger partial charge on any atom is 0.307 e. The number of hydrogen-bond donors (Lipinski definition) is 1. The van der Waals surface area contributed by atoms with Gasteiger partial charge in [-0.2, -0.15) is 4.39 Å². The molecule has 0 spiro atoms. The standard InChI is InChI=1S/C13H8ClF2NO4/c14-8-2-1-3-12(7(8)6-18)21-13-5-9(15)11(17(19)20)4-10(13)16/h1-5,18H,6H2. The summed E-state index contributed by atoms with van der Waals surface area (Å²) in [4.78, 5) is 9.46. The average molecular weight is 316 g/mol. The molecule has 8 heteroatoms. The van der Waals surface area contributed by atoms with E-state index in [0.29, 0.717) is 12.1 Å². The maximum absolute atomic E-state index is 13.7. The van der Waals surface area contributed by atoms with Crippen LogP contribution in [0.15, 0.2) is 30.3 Å². The average Bonchev–Trinajstić information content (AvgIpc) is 2.42. The van der Waals surface area contributed by atoms with Gasteiger partial charge in [-0.05, 0) is 12.1 Å². The fraction of sp³-hybridized carbons (Fsp3) is 0.0769. The summed E-state index contributed by atoms with van der Waals surface area (Å²) < 4.78 is 32.3. The summed E-state index contributed by atoms with van der Waals surface area (Å²) >= 11 is 5.84. The number of hydrogen-bond acceptors (Lipinski definition) is 4. The van der Waals surface area contributed by atoms with Crippen LogP contribution in [0.2, 0.25) is 5.02 Å². The van der Waals surface area contributed by atoms with Crippen LogP contribution in [0.3, 0.4) is 0 Å². The van der Waals surface area contributed by atoms with E-state index < -0.39 is 34.6 Å². The van der Waals surface area contributed by atoms with E-state index in [0.717, 1.165) is 0 Å². The van der Waals surface area contributed by atoms with E-state index >= 15 is 0 Å². The van der Waals surface area contributed by atoms with Gasteiger partial charge in [-0.15, -0.1) is 0 Å². The van der Waals surface area contributed by atoms with E-state index in [1.165, 1.54) is 18.2 Å². The van der Waals surface area contributed by atoms with Crippen LogP contribution < -0.4 is 4.74 Å². The number of rotatable bonds is 4. The first-order valence-corrected chi connectivity index (χ1v) is 6.01. The van der Waals surface area contributed by atoms with Gasteiger partial charge in [0, 0.05) is 16.7 Å². The Morgan fingerprint density at radius 2 is 1.95 bits per heavy atom. The Bertz CT molecular complexity index is 709. The zero-order chi connectivity index (χ0) is 15.6. The van der Waals surface area contributed by atoms with Gasteiger partial charge >= 0.3 is 5.69 Å². The molecule has 2 rings (SSSR count). The Hall–Kier alpha value is -2.25. The Balaban J connectivity index is 2.43. The van der Waals surface area contributed by atoms with E-state index in [9.17, 15) is 24.0 Å². The highest BCUT2D eigenvalue weighted by Crippen LogP contribution is 2.34. The Morgan fingerprint density at radius 3 is 2.57 bits per heavy atom. The molecule has 5 nitrogen and oxygen atoms in total. The summed E-state index contributed by atoms with van der Waals surface area (Å²) in [5.74, 6) is -2.86. The molecule has 0 aromatic heterocycles. The first-order valence-electron chi connectivity index (χ1n) is 5.63. The number of nitro groups is 1. The Labute approximate surface area is 122 Å². The van der Waals surface area contributed by atoms with Crippen molar-refractivity contribution in [2.75, 3.05) is 0 Å². The molecular weight excluding hydrogens is 308 g/mol. The lowest BCUT2D eigenvalue weighted by atomic mass is 10.2. The molecule has 0 saturated carbocycles. The molecule has 0 amide bonds. The zero-order valence-corrected chi connectivity index (χ0v) is 11.1. The van der Waals surface area contributed by atoms with Crippen LogP contribution in [0, 0.1) is 21.7 Å². The van der Waals surface area contributed by atoms with Crippen molar-refractivity contribution in [2.45, 2.75) is 6.61 Å². The molecule has 0 aliphatic rings. The molecule has 110 valence electrons. The molecular formula is C13H8ClF2NO4. The van der Waals surface area contributed by atoms with Crippen molar-refractivity contribution in [2.24, 2.45) is 0 Å². The van der Waals surface area contributed by atoms with Crippen molar-refractivity contribution in [1.29, 1.82) is 0 Å². The number of ether oxygens (including phenoxy) is 1. The Morgan fingerprint density at radius 1 is 1.24 bits per heavy atom. The SMILES string of the molecule is O=[N+]([O-])c1cc(F)c(Oc2cccc(Cl)c2CO)cc1F. The second-order valence-corrected chi connectivity index (χ2v) is 4.38. The Kier molecular flexibility index (Phi) is 4.35. The summed E-state index contributed by atoms with van der Waals surface area (Å²) in [6.45, 7) is -0.466. The van der Waals surface area contributed by atoms with Gasteiger partial charge in [0.05, 0.1) is 17.6 Å². The minimum Gasteiger partial charge on any atom is -0.454 e. The van der Waals surface area contributed by atoms with Gasteiger partial charge < -0.3 is 9.84 Å². The van der Waals surface area contributed by atoms with Crippen molar-refractivity contribution in [3.05, 3.63) is 62.7 Å². The van der Waals surface area contributed by atoms with Crippen molar-refractivity contribution in [3.63, 3.8) is 0 Å². The molecule has 0 radical (unpaired) electrons. The van der Waals surface area contributed by atoms with Gasteiger partial charge in [0.25, 0.3) is 0 Å². The molecule has 0 unspecified atom stereocenters. The summed E-state index contributed by atoms with van der Waals surface area (Å²) in [6.07, 6.45) is 0. The maximum atomic E-state index is 13.7. The summed E-state index contributed by atoms with van der Waals surface area (Å²) in [5.41, 5.74) is -0.800. The highest BCUT2D eigenvalue weighted by molar-refractivity contribution is 6.31. The van der Waals surface area contributed by atoms with E-state index in [2.05, 4.69) is 0 Å².